The molecule has 5 heteroatoms. The third kappa shape index (κ3) is 1.51. The molecule has 2 amide bonds. The number of allylic oxidation sites excluding steroid dienone is 2. The van der Waals surface area contributed by atoms with E-state index in [1.165, 1.54) is 18.1 Å². The first-order valence-corrected chi connectivity index (χ1v) is 7.05. The van der Waals surface area contributed by atoms with Crippen LogP contribution in [0.5, 0.6) is 11.5 Å². The molecule has 1 aromatic rings. The molecule has 1 aromatic carbocycles. The van der Waals surface area contributed by atoms with E-state index < -0.39 is 0 Å². The number of hydrogen-bond acceptors (Lipinski definition) is 4. The van der Waals surface area contributed by atoms with Crippen molar-refractivity contribution in [2.24, 2.45) is 23.7 Å². The highest BCUT2D eigenvalue weighted by molar-refractivity contribution is 6.22. The summed E-state index contributed by atoms with van der Waals surface area (Å²) in [6, 6.07) is 4.60. The van der Waals surface area contributed by atoms with Crippen LogP contribution in [0.2, 0.25) is 0 Å². The topological polar surface area (TPSA) is 66.8 Å². The van der Waals surface area contributed by atoms with Gasteiger partial charge >= 0.3 is 0 Å². The number of imide groups is 1. The molecule has 2 fully saturated rings. The number of phenolic OH excluding ortho intramolecular Hbond substituents is 1. The second kappa shape index (κ2) is 4.10. The number of methoxy groups -OCH3 is 1. The van der Waals surface area contributed by atoms with E-state index in [0.717, 1.165) is 6.42 Å². The molecule has 0 aromatic heterocycles. The molecule has 1 saturated heterocycles. The number of benzene rings is 1. The maximum Gasteiger partial charge on any atom is 0.238 e. The summed E-state index contributed by atoms with van der Waals surface area (Å²) in [5.74, 6) is -0.124. The van der Waals surface area contributed by atoms with Crippen molar-refractivity contribution >= 4 is 17.5 Å². The summed E-state index contributed by atoms with van der Waals surface area (Å²) in [5, 5.41) is 9.86. The van der Waals surface area contributed by atoms with Gasteiger partial charge in [0, 0.05) is 6.07 Å². The van der Waals surface area contributed by atoms with E-state index in [1.54, 1.807) is 12.1 Å². The maximum absolute atomic E-state index is 12.6. The number of nitrogens with zero attached hydrogens (tertiary/aromatic N) is 1. The first-order chi connectivity index (χ1) is 10.1. The molecular weight excluding hydrogens is 270 g/mol. The molecule has 2 bridgehead atoms. The van der Waals surface area contributed by atoms with Crippen molar-refractivity contribution in [2.75, 3.05) is 12.0 Å². The summed E-state index contributed by atoms with van der Waals surface area (Å²) in [7, 11) is 1.45. The summed E-state index contributed by atoms with van der Waals surface area (Å²) in [4.78, 5) is 26.4. The molecule has 4 atom stereocenters. The minimum atomic E-state index is -0.225. The molecule has 2 aliphatic carbocycles. The lowest BCUT2D eigenvalue weighted by Crippen LogP contribution is -2.32. The Kier molecular flexibility index (Phi) is 2.43. The second-order valence-electron chi connectivity index (χ2n) is 5.87. The highest BCUT2D eigenvalue weighted by Crippen LogP contribution is 2.53. The molecule has 0 spiro atoms. The number of carbonyl (C=O) groups is 2. The van der Waals surface area contributed by atoms with Crippen LogP contribution in [-0.4, -0.2) is 24.0 Å². The Balaban J connectivity index is 1.72. The van der Waals surface area contributed by atoms with E-state index in [4.69, 9.17) is 4.74 Å². The lowest BCUT2D eigenvalue weighted by atomic mass is 9.85. The second-order valence-corrected chi connectivity index (χ2v) is 5.87. The van der Waals surface area contributed by atoms with E-state index in [9.17, 15) is 14.7 Å². The van der Waals surface area contributed by atoms with Crippen LogP contribution in [0.4, 0.5) is 5.69 Å². The van der Waals surface area contributed by atoms with Gasteiger partial charge in [-0.25, -0.2) is 4.90 Å². The Morgan fingerprint density at radius 1 is 1.14 bits per heavy atom. The van der Waals surface area contributed by atoms with Crippen LogP contribution in [0.1, 0.15) is 6.42 Å². The highest BCUT2D eigenvalue weighted by atomic mass is 16.5. The normalized spacial score (nSPS) is 32.9. The SMILES string of the molecule is COc1ccc(N2C(=O)[C@@H]3[C@H](C2=O)[C@@H]2C=C[C@H]3C2)cc1O. The van der Waals surface area contributed by atoms with Crippen molar-refractivity contribution in [3.63, 3.8) is 0 Å². The summed E-state index contributed by atoms with van der Waals surface area (Å²) < 4.78 is 4.99. The van der Waals surface area contributed by atoms with Crippen LogP contribution in [0, 0.1) is 23.7 Å². The van der Waals surface area contributed by atoms with Gasteiger partial charge in [0.2, 0.25) is 11.8 Å². The predicted octanol–water partition coefficient (Wildman–Crippen LogP) is 1.71. The number of amides is 2. The minimum Gasteiger partial charge on any atom is -0.504 e. The lowest BCUT2D eigenvalue weighted by molar-refractivity contribution is -0.123. The third-order valence-corrected chi connectivity index (χ3v) is 4.89. The van der Waals surface area contributed by atoms with Crippen LogP contribution in [0.25, 0.3) is 0 Å². The Labute approximate surface area is 121 Å². The van der Waals surface area contributed by atoms with Gasteiger partial charge in [-0.1, -0.05) is 12.2 Å². The summed E-state index contributed by atoms with van der Waals surface area (Å²) in [5.41, 5.74) is 0.414. The molecule has 1 saturated carbocycles. The third-order valence-electron chi connectivity index (χ3n) is 4.89. The summed E-state index contributed by atoms with van der Waals surface area (Å²) in [6.07, 6.45) is 5.03. The zero-order valence-electron chi connectivity index (χ0n) is 11.5. The largest absolute Gasteiger partial charge is 0.504 e. The fourth-order valence-electron chi connectivity index (χ4n) is 3.97. The smallest absolute Gasteiger partial charge is 0.238 e. The molecule has 1 heterocycles. The fourth-order valence-corrected chi connectivity index (χ4v) is 3.97. The van der Waals surface area contributed by atoms with Gasteiger partial charge in [0.1, 0.15) is 0 Å². The maximum atomic E-state index is 12.6. The molecule has 5 nitrogen and oxygen atoms in total. The standard InChI is InChI=1S/C16H15NO4/c1-21-12-5-4-10(7-11(12)18)17-15(19)13-8-2-3-9(6-8)14(13)16(17)20/h2-5,7-9,13-14,18H,6H2,1H3/t8-,9+,13-,14+. The van der Waals surface area contributed by atoms with Gasteiger partial charge in [-0.3, -0.25) is 9.59 Å². The van der Waals surface area contributed by atoms with Crippen molar-refractivity contribution in [3.8, 4) is 11.5 Å². The number of rotatable bonds is 2. The van der Waals surface area contributed by atoms with Crippen molar-refractivity contribution in [1.82, 2.24) is 0 Å². The van der Waals surface area contributed by atoms with E-state index >= 15 is 0 Å². The average molecular weight is 285 g/mol. The number of hydrogen-bond donors (Lipinski definition) is 1. The Bertz CT molecular complexity index is 651. The van der Waals surface area contributed by atoms with E-state index in [2.05, 4.69) is 12.2 Å². The Morgan fingerprint density at radius 3 is 2.29 bits per heavy atom. The van der Waals surface area contributed by atoms with Crippen LogP contribution >= 0.6 is 0 Å². The quantitative estimate of drug-likeness (QED) is 0.663. The van der Waals surface area contributed by atoms with Gasteiger partial charge in [-0.05, 0) is 30.4 Å². The van der Waals surface area contributed by atoms with Gasteiger partial charge < -0.3 is 9.84 Å². The molecule has 0 radical (unpaired) electrons. The number of carbonyl (C=O) groups excluding carboxylic acids is 2. The first kappa shape index (κ1) is 12.4. The van der Waals surface area contributed by atoms with Gasteiger partial charge in [-0.15, -0.1) is 0 Å². The highest BCUT2D eigenvalue weighted by Gasteiger charge is 2.59. The molecule has 1 aliphatic heterocycles. The number of phenols is 1. The summed E-state index contributed by atoms with van der Waals surface area (Å²) in [6.45, 7) is 0. The number of aromatic hydroxyl groups is 1. The Morgan fingerprint density at radius 2 is 1.76 bits per heavy atom. The monoisotopic (exact) mass is 285 g/mol. The molecule has 1 N–H and O–H groups in total. The molecule has 3 aliphatic rings. The fraction of sp³-hybridized carbons (Fsp3) is 0.375. The van der Waals surface area contributed by atoms with Crippen LogP contribution < -0.4 is 9.64 Å². The molecular formula is C16H15NO4. The molecule has 21 heavy (non-hydrogen) atoms. The van der Waals surface area contributed by atoms with E-state index in [-0.39, 0.29) is 41.2 Å². The zero-order chi connectivity index (χ0) is 14.7. The first-order valence-electron chi connectivity index (χ1n) is 7.05. The van der Waals surface area contributed by atoms with Gasteiger partial charge in [0.25, 0.3) is 0 Å². The molecule has 4 rings (SSSR count). The molecule has 0 unspecified atom stereocenters. The van der Waals surface area contributed by atoms with Crippen LogP contribution in [0.15, 0.2) is 30.4 Å². The number of ether oxygens (including phenoxy) is 1. The summed E-state index contributed by atoms with van der Waals surface area (Å²) >= 11 is 0. The van der Waals surface area contributed by atoms with Crippen LogP contribution in [0.3, 0.4) is 0 Å². The zero-order valence-corrected chi connectivity index (χ0v) is 11.5. The van der Waals surface area contributed by atoms with E-state index in [0.29, 0.717) is 11.4 Å². The van der Waals surface area contributed by atoms with Crippen LogP contribution in [-0.2, 0) is 9.59 Å². The van der Waals surface area contributed by atoms with Crippen molar-refractivity contribution in [1.29, 1.82) is 0 Å². The van der Waals surface area contributed by atoms with Gasteiger partial charge in [0.15, 0.2) is 11.5 Å². The predicted molar refractivity (Wildman–Crippen MR) is 74.9 cm³/mol. The minimum absolute atomic E-state index is 0.0752. The van der Waals surface area contributed by atoms with Crippen molar-refractivity contribution in [2.45, 2.75) is 6.42 Å². The van der Waals surface area contributed by atoms with E-state index in [1.807, 2.05) is 0 Å². The molecule has 108 valence electrons. The van der Waals surface area contributed by atoms with Crippen molar-refractivity contribution in [3.05, 3.63) is 30.4 Å². The average Bonchev–Trinajstić information content (AvgIpc) is 3.13. The number of fused-ring (bicyclic) bond motifs is 5. The number of anilines is 1. The van der Waals surface area contributed by atoms with Gasteiger partial charge in [-0.2, -0.15) is 0 Å². The Hall–Kier alpha value is -2.30. The lowest BCUT2D eigenvalue weighted by Gasteiger charge is -2.18. The van der Waals surface area contributed by atoms with Crippen molar-refractivity contribution < 1.29 is 19.4 Å². The van der Waals surface area contributed by atoms with Gasteiger partial charge in [0.05, 0.1) is 24.6 Å².